The number of aromatic nitrogens is 1. The molecule has 1 aromatic heterocycles. The van der Waals surface area contributed by atoms with Crippen LogP contribution in [0.15, 0.2) is 30.5 Å². The van der Waals surface area contributed by atoms with Gasteiger partial charge in [-0.2, -0.15) is 0 Å². The van der Waals surface area contributed by atoms with Gasteiger partial charge in [0, 0.05) is 11.8 Å². The summed E-state index contributed by atoms with van der Waals surface area (Å²) < 4.78 is 16.1. The fraction of sp³-hybridized carbons (Fsp3) is 0.267. The summed E-state index contributed by atoms with van der Waals surface area (Å²) in [6.07, 6.45) is 1.72. The minimum Gasteiger partial charge on any atom is -0.486 e. The third-order valence-electron chi connectivity index (χ3n) is 3.08. The number of fused-ring (bicyclic) bond motifs is 1. The van der Waals surface area contributed by atoms with E-state index < -0.39 is 0 Å². The zero-order valence-corrected chi connectivity index (χ0v) is 11.1. The van der Waals surface area contributed by atoms with Crippen LogP contribution in [-0.2, 0) is 4.74 Å². The lowest BCUT2D eigenvalue weighted by atomic mass is 10.1. The molecule has 104 valence electrons. The van der Waals surface area contributed by atoms with E-state index in [2.05, 4.69) is 4.98 Å². The maximum atomic E-state index is 11.9. The smallest absolute Gasteiger partial charge is 0.355 e. The summed E-state index contributed by atoms with van der Waals surface area (Å²) in [5.41, 5.74) is 2.13. The molecule has 0 radical (unpaired) electrons. The van der Waals surface area contributed by atoms with Gasteiger partial charge in [0.1, 0.15) is 18.9 Å². The second kappa shape index (κ2) is 5.28. The molecule has 1 aliphatic heterocycles. The van der Waals surface area contributed by atoms with Gasteiger partial charge in [-0.25, -0.2) is 4.79 Å². The summed E-state index contributed by atoms with van der Waals surface area (Å²) in [7, 11) is 0. The third kappa shape index (κ3) is 2.22. The maximum Gasteiger partial charge on any atom is 0.355 e. The first kappa shape index (κ1) is 12.6. The molecule has 0 saturated heterocycles. The van der Waals surface area contributed by atoms with E-state index >= 15 is 0 Å². The van der Waals surface area contributed by atoms with E-state index in [1.54, 1.807) is 13.1 Å². The molecule has 2 aromatic rings. The van der Waals surface area contributed by atoms with Crippen LogP contribution in [0.4, 0.5) is 0 Å². The Hall–Kier alpha value is -2.43. The minimum atomic E-state index is -0.359. The summed E-state index contributed by atoms with van der Waals surface area (Å²) in [6.45, 7) is 3.22. The predicted molar refractivity (Wildman–Crippen MR) is 73.2 cm³/mol. The maximum absolute atomic E-state index is 11.9. The fourth-order valence-corrected chi connectivity index (χ4v) is 2.19. The molecular weight excluding hydrogens is 258 g/mol. The van der Waals surface area contributed by atoms with Crippen molar-refractivity contribution in [2.75, 3.05) is 19.8 Å². The van der Waals surface area contributed by atoms with Crippen molar-refractivity contribution < 1.29 is 19.0 Å². The number of carbonyl (C=O) groups is 1. The lowest BCUT2D eigenvalue weighted by molar-refractivity contribution is 0.0521. The first-order valence-corrected chi connectivity index (χ1v) is 6.54. The highest BCUT2D eigenvalue weighted by atomic mass is 16.6. The van der Waals surface area contributed by atoms with Gasteiger partial charge in [0.05, 0.1) is 6.61 Å². The summed E-state index contributed by atoms with van der Waals surface area (Å²) in [4.78, 5) is 14.8. The number of ether oxygens (including phenoxy) is 3. The summed E-state index contributed by atoms with van der Waals surface area (Å²) in [5, 5.41) is 0. The first-order valence-electron chi connectivity index (χ1n) is 6.54. The number of benzene rings is 1. The molecule has 0 spiro atoms. The van der Waals surface area contributed by atoms with Crippen molar-refractivity contribution in [2.45, 2.75) is 6.92 Å². The summed E-state index contributed by atoms with van der Waals surface area (Å²) in [6, 6.07) is 7.48. The van der Waals surface area contributed by atoms with E-state index in [1.807, 2.05) is 24.3 Å². The molecule has 0 fully saturated rings. The van der Waals surface area contributed by atoms with Crippen molar-refractivity contribution in [1.29, 1.82) is 0 Å². The molecule has 0 unspecified atom stereocenters. The van der Waals surface area contributed by atoms with Crippen molar-refractivity contribution in [1.82, 2.24) is 4.98 Å². The number of H-pyrrole nitrogens is 1. The van der Waals surface area contributed by atoms with E-state index in [0.29, 0.717) is 31.3 Å². The van der Waals surface area contributed by atoms with Gasteiger partial charge in [-0.1, -0.05) is 6.07 Å². The molecule has 5 heteroatoms. The lowest BCUT2D eigenvalue weighted by Crippen LogP contribution is -2.15. The molecule has 1 aliphatic rings. The van der Waals surface area contributed by atoms with Gasteiger partial charge >= 0.3 is 5.97 Å². The van der Waals surface area contributed by atoms with Gasteiger partial charge in [-0.05, 0) is 30.7 Å². The minimum absolute atomic E-state index is 0.346. The molecule has 2 heterocycles. The van der Waals surface area contributed by atoms with Crippen molar-refractivity contribution in [2.24, 2.45) is 0 Å². The average Bonchev–Trinajstić information content (AvgIpc) is 2.96. The normalized spacial score (nSPS) is 13.1. The standard InChI is InChI=1S/C15H15NO4/c1-2-18-15(17)14-11(5-6-16-14)10-3-4-12-13(9-10)20-8-7-19-12/h3-6,9,16H,2,7-8H2,1H3. The van der Waals surface area contributed by atoms with Crippen LogP contribution in [0.3, 0.4) is 0 Å². The Balaban J connectivity index is 1.97. The number of hydrogen-bond donors (Lipinski definition) is 1. The number of carbonyl (C=O) groups excluding carboxylic acids is 1. The Morgan fingerprint density at radius 3 is 2.85 bits per heavy atom. The second-order valence-electron chi connectivity index (χ2n) is 4.35. The van der Waals surface area contributed by atoms with Gasteiger partial charge < -0.3 is 19.2 Å². The Kier molecular flexibility index (Phi) is 3.33. The molecule has 3 rings (SSSR count). The van der Waals surface area contributed by atoms with Crippen molar-refractivity contribution in [3.05, 3.63) is 36.2 Å². The Labute approximate surface area is 116 Å². The van der Waals surface area contributed by atoms with Gasteiger partial charge in [-0.3, -0.25) is 0 Å². The summed E-state index contributed by atoms with van der Waals surface area (Å²) >= 11 is 0. The third-order valence-corrected chi connectivity index (χ3v) is 3.08. The number of esters is 1. The fourth-order valence-electron chi connectivity index (χ4n) is 2.19. The highest BCUT2D eigenvalue weighted by Crippen LogP contribution is 2.35. The first-order chi connectivity index (χ1) is 9.79. The number of rotatable bonds is 3. The van der Waals surface area contributed by atoms with Gasteiger partial charge in [0.25, 0.3) is 0 Å². The van der Waals surface area contributed by atoms with Crippen LogP contribution in [0.1, 0.15) is 17.4 Å². The lowest BCUT2D eigenvalue weighted by Gasteiger charge is -2.18. The molecule has 0 aliphatic carbocycles. The van der Waals surface area contributed by atoms with Crippen LogP contribution in [0.5, 0.6) is 11.5 Å². The van der Waals surface area contributed by atoms with Crippen LogP contribution in [0.2, 0.25) is 0 Å². The van der Waals surface area contributed by atoms with Gasteiger partial charge in [-0.15, -0.1) is 0 Å². The molecule has 1 aromatic carbocycles. The SMILES string of the molecule is CCOC(=O)c1[nH]ccc1-c1ccc2c(c1)OCCO2. The predicted octanol–water partition coefficient (Wildman–Crippen LogP) is 2.63. The molecule has 5 nitrogen and oxygen atoms in total. The van der Waals surface area contributed by atoms with Gasteiger partial charge in [0.15, 0.2) is 11.5 Å². The Morgan fingerprint density at radius 2 is 2.05 bits per heavy atom. The average molecular weight is 273 g/mol. The quantitative estimate of drug-likeness (QED) is 0.873. The molecule has 0 saturated carbocycles. The highest BCUT2D eigenvalue weighted by molar-refractivity contribution is 5.95. The van der Waals surface area contributed by atoms with E-state index in [9.17, 15) is 4.79 Å². The monoisotopic (exact) mass is 273 g/mol. The van der Waals surface area contributed by atoms with Crippen molar-refractivity contribution in [3.8, 4) is 22.6 Å². The number of aromatic amines is 1. The molecule has 0 atom stereocenters. The molecule has 0 amide bonds. The zero-order chi connectivity index (χ0) is 13.9. The molecule has 20 heavy (non-hydrogen) atoms. The Bertz CT molecular complexity index is 633. The molecule has 1 N–H and O–H groups in total. The van der Waals surface area contributed by atoms with Gasteiger partial charge in [0.2, 0.25) is 0 Å². The van der Waals surface area contributed by atoms with E-state index in [-0.39, 0.29) is 5.97 Å². The van der Waals surface area contributed by atoms with Crippen LogP contribution in [0.25, 0.3) is 11.1 Å². The van der Waals surface area contributed by atoms with Crippen molar-refractivity contribution in [3.63, 3.8) is 0 Å². The topological polar surface area (TPSA) is 60.6 Å². The highest BCUT2D eigenvalue weighted by Gasteiger charge is 2.18. The zero-order valence-electron chi connectivity index (χ0n) is 11.1. The number of hydrogen-bond acceptors (Lipinski definition) is 4. The van der Waals surface area contributed by atoms with Crippen LogP contribution >= 0.6 is 0 Å². The van der Waals surface area contributed by atoms with Crippen molar-refractivity contribution >= 4 is 5.97 Å². The van der Waals surface area contributed by atoms with Crippen LogP contribution in [-0.4, -0.2) is 30.8 Å². The van der Waals surface area contributed by atoms with E-state index in [0.717, 1.165) is 16.9 Å². The largest absolute Gasteiger partial charge is 0.486 e. The summed E-state index contributed by atoms with van der Waals surface area (Å²) in [5.74, 6) is 1.07. The number of nitrogens with one attached hydrogen (secondary N) is 1. The Morgan fingerprint density at radius 1 is 1.25 bits per heavy atom. The molecular formula is C15H15NO4. The second-order valence-corrected chi connectivity index (χ2v) is 4.35. The van der Waals surface area contributed by atoms with Crippen LogP contribution in [0, 0.1) is 0 Å². The van der Waals surface area contributed by atoms with E-state index in [1.165, 1.54) is 0 Å². The van der Waals surface area contributed by atoms with E-state index in [4.69, 9.17) is 14.2 Å². The van der Waals surface area contributed by atoms with Crippen LogP contribution < -0.4 is 9.47 Å². The molecule has 0 bridgehead atoms.